The summed E-state index contributed by atoms with van der Waals surface area (Å²) in [5, 5.41) is 0. The maximum absolute atomic E-state index is 11.6. The Hall–Kier alpha value is -1.27. The van der Waals surface area contributed by atoms with Crippen LogP contribution in [0, 0.1) is 0 Å². The number of carbonyl (C=O) groups is 1. The van der Waals surface area contributed by atoms with Gasteiger partial charge in [-0.05, 0) is 17.5 Å². The van der Waals surface area contributed by atoms with Crippen LogP contribution in [-0.2, 0) is 26.9 Å². The summed E-state index contributed by atoms with van der Waals surface area (Å²) in [7, 11) is -4.10. The quantitative estimate of drug-likeness (QED) is 0.682. The molecule has 4 N–H and O–H groups in total. The summed E-state index contributed by atoms with van der Waals surface area (Å²) in [6, 6.07) is 5.05. The zero-order valence-electron chi connectivity index (χ0n) is 9.32. The summed E-state index contributed by atoms with van der Waals surface area (Å²) in [6.45, 7) is 0. The average Bonchev–Trinajstić information content (AvgIpc) is 2.28. The summed E-state index contributed by atoms with van der Waals surface area (Å²) in [5.41, 5.74) is 6.47. The molecule has 1 atom stereocenters. The number of benzene rings is 1. The molecule has 0 heterocycles. The Morgan fingerprint density at radius 1 is 1.33 bits per heavy atom. The molecule has 0 aromatic heterocycles. The largest absolute Gasteiger partial charge is 0.365 e. The molecule has 8 heteroatoms. The number of carbonyl (C=O) groups excluding carboxylic acids is 1. The van der Waals surface area contributed by atoms with E-state index >= 15 is 0 Å². The van der Waals surface area contributed by atoms with E-state index in [-0.39, 0.29) is 12.6 Å². The Labute approximate surface area is 103 Å². The van der Waals surface area contributed by atoms with Crippen LogP contribution in [0.25, 0.3) is 0 Å². The zero-order valence-corrected chi connectivity index (χ0v) is 10.2. The van der Waals surface area contributed by atoms with Gasteiger partial charge < -0.3 is 15.5 Å². The minimum Gasteiger partial charge on any atom is -0.324 e. The number of hydrogen-bond donors (Lipinski definition) is 3. The Morgan fingerprint density at radius 3 is 2.28 bits per heavy atom. The van der Waals surface area contributed by atoms with Gasteiger partial charge in [-0.2, -0.15) is 0 Å². The van der Waals surface area contributed by atoms with Gasteiger partial charge in [-0.1, -0.05) is 24.3 Å². The second-order valence-corrected chi connectivity index (χ2v) is 5.49. The molecule has 0 aliphatic rings. The van der Waals surface area contributed by atoms with E-state index in [0.717, 1.165) is 0 Å². The van der Waals surface area contributed by atoms with E-state index in [1.54, 1.807) is 12.1 Å². The molecule has 0 bridgehead atoms. The molecule has 0 saturated heterocycles. The van der Waals surface area contributed by atoms with Crippen molar-refractivity contribution >= 4 is 13.6 Å². The highest BCUT2D eigenvalue weighted by atomic mass is 31.2. The van der Waals surface area contributed by atoms with Crippen molar-refractivity contribution in [1.82, 2.24) is 0 Å². The normalized spacial score (nSPS) is 13.1. The predicted molar refractivity (Wildman–Crippen MR) is 61.1 cm³/mol. The first-order chi connectivity index (χ1) is 8.31. The molecule has 1 aromatic carbocycles. The van der Waals surface area contributed by atoms with Crippen LogP contribution in [0.4, 0.5) is 4.53 Å². The minimum absolute atomic E-state index is 0.0823. The van der Waals surface area contributed by atoms with Crippen LogP contribution in [-0.4, -0.2) is 21.8 Å². The summed E-state index contributed by atoms with van der Waals surface area (Å²) in [4.78, 5) is 31.3. The average molecular weight is 277 g/mol. The second kappa shape index (κ2) is 6.06. The van der Waals surface area contributed by atoms with E-state index < -0.39 is 19.6 Å². The van der Waals surface area contributed by atoms with Crippen LogP contribution >= 0.6 is 7.60 Å². The van der Waals surface area contributed by atoms with Gasteiger partial charge in [-0.25, -0.2) is 4.79 Å². The number of hydrogen-bond acceptors (Lipinski definition) is 4. The lowest BCUT2D eigenvalue weighted by Gasteiger charge is -2.08. The van der Waals surface area contributed by atoms with Crippen LogP contribution in [0.5, 0.6) is 0 Å². The highest BCUT2D eigenvalue weighted by Crippen LogP contribution is 2.38. The van der Waals surface area contributed by atoms with E-state index in [1.165, 1.54) is 12.1 Å². The van der Waals surface area contributed by atoms with Crippen molar-refractivity contribution in [3.63, 3.8) is 0 Å². The standard InChI is InChI=1S/C10H13FNO5P/c11-17-10(13)9(12)5-7-1-3-8(4-2-7)6-18(14,15)16/h1-4,9H,5-6,12H2,(H2,14,15,16). The lowest BCUT2D eigenvalue weighted by molar-refractivity contribution is -0.185. The molecule has 18 heavy (non-hydrogen) atoms. The third-order valence-corrected chi connectivity index (χ3v) is 3.02. The first-order valence-corrected chi connectivity index (χ1v) is 6.82. The monoisotopic (exact) mass is 277 g/mol. The van der Waals surface area contributed by atoms with Crippen LogP contribution < -0.4 is 5.73 Å². The summed E-state index contributed by atoms with van der Waals surface area (Å²) in [6.07, 6.45) is -0.273. The summed E-state index contributed by atoms with van der Waals surface area (Å²) in [5.74, 6) is -1.16. The van der Waals surface area contributed by atoms with Crippen molar-refractivity contribution in [2.75, 3.05) is 0 Å². The smallest absolute Gasteiger partial charge is 0.324 e. The van der Waals surface area contributed by atoms with E-state index in [1.807, 2.05) is 0 Å². The van der Waals surface area contributed by atoms with Crippen molar-refractivity contribution in [1.29, 1.82) is 0 Å². The molecule has 1 rings (SSSR count). The summed E-state index contributed by atoms with van der Waals surface area (Å²) < 4.78 is 22.3. The highest BCUT2D eigenvalue weighted by Gasteiger charge is 2.17. The number of nitrogens with two attached hydrogens (primary N) is 1. The molecule has 100 valence electrons. The highest BCUT2D eigenvalue weighted by molar-refractivity contribution is 7.50. The van der Waals surface area contributed by atoms with Crippen LogP contribution in [0.2, 0.25) is 0 Å². The molecular formula is C10H13FNO5P. The van der Waals surface area contributed by atoms with Gasteiger partial charge in [0.2, 0.25) is 0 Å². The van der Waals surface area contributed by atoms with E-state index in [2.05, 4.69) is 4.94 Å². The van der Waals surface area contributed by atoms with Gasteiger partial charge in [0.05, 0.1) is 6.16 Å². The van der Waals surface area contributed by atoms with E-state index in [0.29, 0.717) is 11.1 Å². The van der Waals surface area contributed by atoms with Gasteiger partial charge >= 0.3 is 13.6 Å². The predicted octanol–water partition coefficient (Wildman–Crippen LogP) is 0.662. The molecule has 0 spiro atoms. The van der Waals surface area contributed by atoms with Crippen LogP contribution in [0.1, 0.15) is 11.1 Å². The fraction of sp³-hybridized carbons (Fsp3) is 0.300. The third-order valence-electron chi connectivity index (χ3n) is 2.25. The van der Waals surface area contributed by atoms with Crippen molar-refractivity contribution in [2.24, 2.45) is 5.73 Å². The van der Waals surface area contributed by atoms with Crippen molar-refractivity contribution in [2.45, 2.75) is 18.6 Å². The van der Waals surface area contributed by atoms with Crippen molar-refractivity contribution < 1.29 is 28.6 Å². The van der Waals surface area contributed by atoms with Crippen LogP contribution in [0.3, 0.4) is 0 Å². The molecule has 0 saturated carbocycles. The van der Waals surface area contributed by atoms with Gasteiger partial charge in [0.1, 0.15) is 6.04 Å². The van der Waals surface area contributed by atoms with Gasteiger partial charge in [0, 0.05) is 4.53 Å². The molecule has 1 aromatic rings. The molecule has 0 aliphatic heterocycles. The maximum Gasteiger partial charge on any atom is 0.365 e. The number of halogens is 1. The summed E-state index contributed by atoms with van der Waals surface area (Å²) >= 11 is 0. The van der Waals surface area contributed by atoms with Crippen molar-refractivity contribution in [3.8, 4) is 0 Å². The first kappa shape index (κ1) is 14.8. The van der Waals surface area contributed by atoms with Crippen molar-refractivity contribution in [3.05, 3.63) is 35.4 Å². The molecule has 0 amide bonds. The topological polar surface area (TPSA) is 110 Å². The lowest BCUT2D eigenvalue weighted by Crippen LogP contribution is -2.32. The Bertz CT molecular complexity index is 458. The Morgan fingerprint density at radius 2 is 1.83 bits per heavy atom. The second-order valence-electron chi connectivity index (χ2n) is 3.85. The Balaban J connectivity index is 2.66. The fourth-order valence-corrected chi connectivity index (χ4v) is 2.10. The maximum atomic E-state index is 11.6. The lowest BCUT2D eigenvalue weighted by atomic mass is 10.1. The molecule has 6 nitrogen and oxygen atoms in total. The van der Waals surface area contributed by atoms with E-state index in [4.69, 9.17) is 15.5 Å². The molecular weight excluding hydrogens is 264 g/mol. The van der Waals surface area contributed by atoms with Gasteiger partial charge in [0.25, 0.3) is 0 Å². The third kappa shape index (κ3) is 4.93. The SMILES string of the molecule is NC(Cc1ccc(CP(=O)(O)O)cc1)C(=O)OF. The minimum atomic E-state index is -4.10. The van der Waals surface area contributed by atoms with Crippen LogP contribution in [0.15, 0.2) is 24.3 Å². The number of rotatable bonds is 5. The van der Waals surface area contributed by atoms with E-state index in [9.17, 15) is 13.9 Å². The Kier molecular flexibility index (Phi) is 4.98. The fourth-order valence-electron chi connectivity index (χ4n) is 1.41. The molecule has 0 radical (unpaired) electrons. The molecule has 0 aliphatic carbocycles. The first-order valence-electron chi connectivity index (χ1n) is 5.02. The van der Waals surface area contributed by atoms with Gasteiger partial charge in [-0.3, -0.25) is 9.51 Å². The zero-order chi connectivity index (χ0) is 13.8. The van der Waals surface area contributed by atoms with Gasteiger partial charge in [0.15, 0.2) is 0 Å². The molecule has 1 unspecified atom stereocenters. The van der Waals surface area contributed by atoms with Gasteiger partial charge in [-0.15, -0.1) is 0 Å². The molecule has 0 fully saturated rings.